The molecule has 14 nitrogen and oxygen atoms in total. The summed E-state index contributed by atoms with van der Waals surface area (Å²) in [5, 5.41) is 17.3. The number of amides is 2. The second kappa shape index (κ2) is 9.96. The summed E-state index contributed by atoms with van der Waals surface area (Å²) in [6.45, 7) is 0. The highest BCUT2D eigenvalue weighted by molar-refractivity contribution is 8.05. The summed E-state index contributed by atoms with van der Waals surface area (Å²) in [6, 6.07) is 0.589. The molecule has 0 spiro atoms. The number of hydrogen-bond acceptors (Lipinski definition) is 14. The molecule has 0 radical (unpaired) electrons. The smallest absolute Gasteiger partial charge is 0.353 e. The van der Waals surface area contributed by atoms with Crippen LogP contribution in [0.2, 0.25) is 0 Å². The van der Waals surface area contributed by atoms with E-state index in [-0.39, 0.29) is 39.8 Å². The molecule has 4 rings (SSSR count). The van der Waals surface area contributed by atoms with Crippen molar-refractivity contribution in [2.75, 3.05) is 30.1 Å². The van der Waals surface area contributed by atoms with Gasteiger partial charge in [-0.2, -0.15) is 4.98 Å². The number of oxime groups is 1. The van der Waals surface area contributed by atoms with Gasteiger partial charge in [0.05, 0.1) is 5.69 Å². The fourth-order valence-electron chi connectivity index (χ4n) is 3.38. The van der Waals surface area contributed by atoms with Crippen LogP contribution < -0.4 is 22.5 Å². The van der Waals surface area contributed by atoms with E-state index in [1.54, 1.807) is 6.07 Å². The van der Waals surface area contributed by atoms with Gasteiger partial charge in [-0.1, -0.05) is 5.16 Å². The van der Waals surface area contributed by atoms with E-state index in [2.05, 4.69) is 25.4 Å². The highest BCUT2D eigenvalue weighted by Gasteiger charge is 2.54. The Kier molecular flexibility index (Phi) is 6.99. The standard InChI is InChI=1S/C18H19N9O5S3/c1-32-26-10(7-4-35-18(21)23-7)13(28)25-11-14(29)27-12(16(30)31)8(5-34-15(11)27)33-3-6-2-9(19)24-17(20)22-6/h2,4,11,15H,3,5H2,1H3,(H2,21,23)(H,25,28)(H,30,31)(H4,19,20,22,24). The molecule has 35 heavy (non-hydrogen) atoms. The van der Waals surface area contributed by atoms with Gasteiger partial charge < -0.3 is 32.5 Å². The first-order chi connectivity index (χ1) is 16.7. The number of thiazole rings is 1. The number of carboxylic acids is 1. The molecular formula is C18H19N9O5S3. The molecule has 2 unspecified atom stereocenters. The summed E-state index contributed by atoms with van der Waals surface area (Å²) < 4.78 is 0. The molecule has 2 aromatic rings. The maximum atomic E-state index is 12.9. The predicted octanol–water partition coefficient (Wildman–Crippen LogP) is -0.340. The Hall–Kier alpha value is -3.57. The van der Waals surface area contributed by atoms with Gasteiger partial charge in [0.15, 0.2) is 10.8 Å². The normalized spacial score (nSPS) is 19.7. The molecule has 1 fully saturated rings. The predicted molar refractivity (Wildman–Crippen MR) is 132 cm³/mol. The van der Waals surface area contributed by atoms with E-state index >= 15 is 0 Å². The molecular weight excluding hydrogens is 518 g/mol. The number of nitrogens with two attached hydrogens (primary N) is 3. The lowest BCUT2D eigenvalue weighted by Crippen LogP contribution is -2.71. The third-order valence-corrected chi connectivity index (χ3v) is 8.06. The quantitative estimate of drug-likeness (QED) is 0.165. The molecule has 17 heteroatoms. The number of fused-ring (bicyclic) bond motifs is 1. The third-order valence-electron chi connectivity index (χ3n) is 4.80. The third kappa shape index (κ3) is 4.96. The van der Waals surface area contributed by atoms with E-state index in [1.807, 2.05) is 0 Å². The molecule has 0 aliphatic carbocycles. The van der Waals surface area contributed by atoms with Crippen LogP contribution in [0, 0.1) is 0 Å². The Labute approximate surface area is 210 Å². The van der Waals surface area contributed by atoms with Gasteiger partial charge in [0.25, 0.3) is 11.8 Å². The lowest BCUT2D eigenvalue weighted by molar-refractivity contribution is -0.150. The van der Waals surface area contributed by atoms with Crippen LogP contribution in [0.1, 0.15) is 11.4 Å². The molecule has 8 N–H and O–H groups in total. The van der Waals surface area contributed by atoms with E-state index in [1.165, 1.54) is 40.9 Å². The number of anilines is 3. The van der Waals surface area contributed by atoms with Crippen molar-refractivity contribution in [2.45, 2.75) is 17.2 Å². The number of β-lactam (4-membered cyclic amide) rings is 1. The number of thioether (sulfide) groups is 2. The first-order valence-electron chi connectivity index (χ1n) is 9.75. The number of nitrogens with one attached hydrogen (secondary N) is 1. The number of carbonyl (C=O) groups is 3. The van der Waals surface area contributed by atoms with Crippen LogP contribution in [0.3, 0.4) is 0 Å². The van der Waals surface area contributed by atoms with Gasteiger partial charge in [-0.15, -0.1) is 34.9 Å². The summed E-state index contributed by atoms with van der Waals surface area (Å²) in [6.07, 6.45) is 0. The van der Waals surface area contributed by atoms with Gasteiger partial charge in [-0.3, -0.25) is 14.5 Å². The fraction of sp³-hybridized carbons (Fsp3) is 0.278. The van der Waals surface area contributed by atoms with Gasteiger partial charge in [0.2, 0.25) is 5.95 Å². The zero-order chi connectivity index (χ0) is 25.3. The molecule has 0 aromatic carbocycles. The van der Waals surface area contributed by atoms with Crippen molar-refractivity contribution in [3.05, 3.63) is 33.4 Å². The largest absolute Gasteiger partial charge is 0.477 e. The molecule has 2 aliphatic rings. The molecule has 1 saturated heterocycles. The van der Waals surface area contributed by atoms with Crippen molar-refractivity contribution in [3.63, 3.8) is 0 Å². The Morgan fingerprint density at radius 2 is 2.11 bits per heavy atom. The lowest BCUT2D eigenvalue weighted by Gasteiger charge is -2.49. The van der Waals surface area contributed by atoms with E-state index in [0.29, 0.717) is 16.4 Å². The van der Waals surface area contributed by atoms with Gasteiger partial charge >= 0.3 is 5.97 Å². The van der Waals surface area contributed by atoms with E-state index in [9.17, 15) is 19.5 Å². The average Bonchev–Trinajstić information content (AvgIpc) is 3.23. The Balaban J connectivity index is 1.49. The van der Waals surface area contributed by atoms with Gasteiger partial charge in [0.1, 0.15) is 35.7 Å². The van der Waals surface area contributed by atoms with Crippen LogP contribution >= 0.6 is 34.9 Å². The molecule has 2 atom stereocenters. The molecule has 4 heterocycles. The second-order valence-corrected chi connectivity index (χ2v) is 10.1. The first-order valence-corrected chi connectivity index (χ1v) is 12.7. The number of nitrogen functional groups attached to an aromatic ring is 3. The Morgan fingerprint density at radius 3 is 2.74 bits per heavy atom. The van der Waals surface area contributed by atoms with Crippen molar-refractivity contribution in [3.8, 4) is 0 Å². The summed E-state index contributed by atoms with van der Waals surface area (Å²) in [7, 11) is 1.27. The summed E-state index contributed by atoms with van der Waals surface area (Å²) in [5.74, 6) is -1.70. The van der Waals surface area contributed by atoms with Gasteiger partial charge in [-0.25, -0.2) is 14.8 Å². The Bertz CT molecular complexity index is 1240. The van der Waals surface area contributed by atoms with Crippen molar-refractivity contribution in [2.24, 2.45) is 5.16 Å². The highest BCUT2D eigenvalue weighted by Crippen LogP contribution is 2.44. The number of hydrogen-bond donors (Lipinski definition) is 5. The van der Waals surface area contributed by atoms with E-state index in [4.69, 9.17) is 22.0 Å². The first kappa shape index (κ1) is 24.6. The number of carboxylic acid groups (broad SMARTS) is 1. The molecule has 184 valence electrons. The molecule has 0 saturated carbocycles. The van der Waals surface area contributed by atoms with Crippen LogP contribution in [-0.2, 0) is 25.0 Å². The molecule has 0 bridgehead atoms. The van der Waals surface area contributed by atoms with Crippen LogP contribution in [0.15, 0.2) is 27.2 Å². The van der Waals surface area contributed by atoms with Crippen LogP contribution in [0.4, 0.5) is 16.9 Å². The monoisotopic (exact) mass is 537 g/mol. The van der Waals surface area contributed by atoms with Crippen LogP contribution in [-0.4, -0.2) is 72.7 Å². The van der Waals surface area contributed by atoms with Crippen molar-refractivity contribution >= 4 is 75.3 Å². The zero-order valence-corrected chi connectivity index (χ0v) is 20.4. The fourth-order valence-corrected chi connectivity index (χ4v) is 6.45. The maximum absolute atomic E-state index is 12.9. The molecule has 2 aromatic heterocycles. The molecule has 2 amide bonds. The number of rotatable bonds is 8. The summed E-state index contributed by atoms with van der Waals surface area (Å²) in [4.78, 5) is 56.1. The van der Waals surface area contributed by atoms with E-state index < -0.39 is 29.2 Å². The summed E-state index contributed by atoms with van der Waals surface area (Å²) in [5.41, 5.74) is 17.4. The summed E-state index contributed by atoms with van der Waals surface area (Å²) >= 11 is 3.65. The van der Waals surface area contributed by atoms with Crippen LogP contribution in [0.5, 0.6) is 0 Å². The zero-order valence-electron chi connectivity index (χ0n) is 18.0. The van der Waals surface area contributed by atoms with Crippen LogP contribution in [0.25, 0.3) is 0 Å². The van der Waals surface area contributed by atoms with Gasteiger partial charge in [-0.05, 0) is 0 Å². The minimum absolute atomic E-state index is 0.0133. The minimum Gasteiger partial charge on any atom is -0.477 e. The highest BCUT2D eigenvalue weighted by atomic mass is 32.2. The topological polar surface area (TPSA) is 225 Å². The molecule has 2 aliphatic heterocycles. The number of aliphatic carboxylic acids is 1. The Morgan fingerprint density at radius 1 is 1.34 bits per heavy atom. The van der Waals surface area contributed by atoms with Crippen molar-refractivity contribution in [1.29, 1.82) is 0 Å². The second-order valence-electron chi connectivity index (χ2n) is 7.06. The van der Waals surface area contributed by atoms with E-state index in [0.717, 1.165) is 11.3 Å². The van der Waals surface area contributed by atoms with Crippen molar-refractivity contribution in [1.82, 2.24) is 25.2 Å². The average molecular weight is 538 g/mol. The lowest BCUT2D eigenvalue weighted by atomic mass is 10.0. The SMILES string of the molecule is CON=C(C(=O)NC1C(=O)N2C(C(=O)O)=C(SCc3cc(N)nc(N)n3)CSC12)c1csc(N)n1. The van der Waals surface area contributed by atoms with Gasteiger partial charge in [0, 0.05) is 27.9 Å². The number of nitrogens with zero attached hydrogens (tertiary/aromatic N) is 5. The number of carbonyl (C=O) groups excluding carboxylic acids is 2. The minimum atomic E-state index is -1.25. The maximum Gasteiger partial charge on any atom is 0.353 e. The van der Waals surface area contributed by atoms with Crippen molar-refractivity contribution < 1.29 is 24.3 Å². The number of aromatic nitrogens is 3.